The Balaban J connectivity index is 1.50. The van der Waals surface area contributed by atoms with Crippen LogP contribution in [0.25, 0.3) is 0 Å². The molecule has 1 amide bonds. The number of ether oxygens (including phenoxy) is 2. The Bertz CT molecular complexity index is 1100. The van der Waals surface area contributed by atoms with Gasteiger partial charge in [-0.2, -0.15) is 4.31 Å². The maximum Gasteiger partial charge on any atom is 0.243 e. The number of hydrogen-bond donors (Lipinski definition) is 1. The molecular weight excluding hydrogens is 435 g/mol. The van der Waals surface area contributed by atoms with Gasteiger partial charge in [-0.25, -0.2) is 12.8 Å². The molecule has 0 unspecified atom stereocenters. The molecule has 0 aromatic heterocycles. The summed E-state index contributed by atoms with van der Waals surface area (Å²) in [6, 6.07) is 8.39. The van der Waals surface area contributed by atoms with Crippen molar-refractivity contribution in [1.82, 2.24) is 4.31 Å². The van der Waals surface area contributed by atoms with Gasteiger partial charge in [0.25, 0.3) is 0 Å². The number of hydrogen-bond acceptors (Lipinski definition) is 5. The third-order valence-electron chi connectivity index (χ3n) is 5.76. The molecule has 0 saturated carbocycles. The molecule has 2 aliphatic heterocycles. The molecule has 0 radical (unpaired) electrons. The fourth-order valence-corrected chi connectivity index (χ4v) is 5.70. The zero-order valence-electron chi connectivity index (χ0n) is 18.1. The fourth-order valence-electron chi connectivity index (χ4n) is 4.18. The first-order chi connectivity index (χ1) is 15.3. The summed E-state index contributed by atoms with van der Waals surface area (Å²) in [6.07, 6.45) is 1.97. The first kappa shape index (κ1) is 22.5. The van der Waals surface area contributed by atoms with Crippen LogP contribution in [0.1, 0.15) is 32.3 Å². The van der Waals surface area contributed by atoms with Gasteiger partial charge in [0.2, 0.25) is 15.9 Å². The standard InChI is InChI=1S/C23H27FN2O5S/c1-3-30-22-12-17-11-15(2)31-21(17)13-20(22)25-23(27)16-5-4-10-26(14-16)32(28,29)19-8-6-18(24)7-9-19/h6-9,12-13,15-16H,3-5,10-11,14H2,1-2H3,(H,25,27)/t15-,16+/m1/s1. The van der Waals surface area contributed by atoms with Crippen LogP contribution in [0.4, 0.5) is 10.1 Å². The van der Waals surface area contributed by atoms with Crippen molar-refractivity contribution in [3.8, 4) is 11.5 Å². The molecular formula is C23H27FN2O5S. The van der Waals surface area contributed by atoms with Gasteiger partial charge in [-0.15, -0.1) is 0 Å². The molecule has 1 saturated heterocycles. The molecule has 32 heavy (non-hydrogen) atoms. The highest BCUT2D eigenvalue weighted by Gasteiger charge is 2.34. The number of amides is 1. The molecule has 0 bridgehead atoms. The molecule has 1 N–H and O–H groups in total. The van der Waals surface area contributed by atoms with Crippen LogP contribution in [0.2, 0.25) is 0 Å². The Morgan fingerprint density at radius 2 is 2.03 bits per heavy atom. The minimum Gasteiger partial charge on any atom is -0.492 e. The number of rotatable bonds is 6. The number of nitrogens with zero attached hydrogens (tertiary/aromatic N) is 1. The Morgan fingerprint density at radius 1 is 1.28 bits per heavy atom. The molecule has 2 aromatic rings. The largest absolute Gasteiger partial charge is 0.492 e. The SMILES string of the molecule is CCOc1cc2c(cc1NC(=O)[C@H]1CCCN(S(=O)(=O)c3ccc(F)cc3)C1)O[C@H](C)C2. The summed E-state index contributed by atoms with van der Waals surface area (Å²) in [5.74, 6) is 0.0134. The van der Waals surface area contributed by atoms with E-state index in [1.807, 2.05) is 19.9 Å². The zero-order valence-corrected chi connectivity index (χ0v) is 19.0. The van der Waals surface area contributed by atoms with Gasteiger partial charge in [0.1, 0.15) is 23.4 Å². The van der Waals surface area contributed by atoms with Crippen molar-refractivity contribution >= 4 is 21.6 Å². The lowest BCUT2D eigenvalue weighted by Crippen LogP contribution is -2.43. The second-order valence-corrected chi connectivity index (χ2v) is 10.1. The first-order valence-corrected chi connectivity index (χ1v) is 12.2. The predicted octanol–water partition coefficient (Wildman–Crippen LogP) is 3.59. The summed E-state index contributed by atoms with van der Waals surface area (Å²) in [4.78, 5) is 13.1. The van der Waals surface area contributed by atoms with E-state index in [9.17, 15) is 17.6 Å². The van der Waals surface area contributed by atoms with Crippen LogP contribution in [0, 0.1) is 11.7 Å². The van der Waals surface area contributed by atoms with Crippen molar-refractivity contribution in [2.75, 3.05) is 25.0 Å². The van der Waals surface area contributed by atoms with E-state index >= 15 is 0 Å². The lowest BCUT2D eigenvalue weighted by molar-refractivity contribution is -0.120. The summed E-state index contributed by atoms with van der Waals surface area (Å²) in [5.41, 5.74) is 1.55. The van der Waals surface area contributed by atoms with Crippen LogP contribution in [-0.4, -0.2) is 44.4 Å². The fraction of sp³-hybridized carbons (Fsp3) is 0.435. The number of sulfonamides is 1. The highest BCUT2D eigenvalue weighted by molar-refractivity contribution is 7.89. The van der Waals surface area contributed by atoms with E-state index in [1.54, 1.807) is 6.07 Å². The maximum atomic E-state index is 13.2. The Kier molecular flexibility index (Phi) is 6.39. The van der Waals surface area contributed by atoms with E-state index < -0.39 is 21.8 Å². The normalized spacial score (nSPS) is 21.0. The van der Waals surface area contributed by atoms with E-state index in [-0.39, 0.29) is 23.5 Å². The summed E-state index contributed by atoms with van der Waals surface area (Å²) in [6.45, 7) is 4.69. The third-order valence-corrected chi connectivity index (χ3v) is 7.64. The Morgan fingerprint density at radius 3 is 2.75 bits per heavy atom. The van der Waals surface area contributed by atoms with Crippen molar-refractivity contribution < 1.29 is 27.1 Å². The number of halogens is 1. The molecule has 2 heterocycles. The van der Waals surface area contributed by atoms with Gasteiger partial charge in [-0.1, -0.05) is 0 Å². The second kappa shape index (κ2) is 9.07. The third kappa shape index (κ3) is 4.59. The lowest BCUT2D eigenvalue weighted by Gasteiger charge is -2.31. The van der Waals surface area contributed by atoms with Gasteiger partial charge in [-0.3, -0.25) is 4.79 Å². The van der Waals surface area contributed by atoms with E-state index in [0.717, 1.165) is 29.9 Å². The number of piperidine rings is 1. The lowest BCUT2D eigenvalue weighted by atomic mass is 9.98. The molecule has 0 aliphatic carbocycles. The Labute approximate surface area is 187 Å². The molecule has 2 aromatic carbocycles. The molecule has 2 atom stereocenters. The summed E-state index contributed by atoms with van der Waals surface area (Å²) < 4.78 is 51.9. The minimum atomic E-state index is -3.81. The van der Waals surface area contributed by atoms with Gasteiger partial charge in [-0.05, 0) is 57.0 Å². The number of nitrogens with one attached hydrogen (secondary N) is 1. The van der Waals surface area contributed by atoms with Crippen molar-refractivity contribution in [3.05, 3.63) is 47.8 Å². The number of anilines is 1. The van der Waals surface area contributed by atoms with Crippen molar-refractivity contribution in [2.24, 2.45) is 5.92 Å². The van der Waals surface area contributed by atoms with E-state index in [1.165, 1.54) is 16.4 Å². The average molecular weight is 463 g/mol. The molecule has 1 fully saturated rings. The molecule has 2 aliphatic rings. The molecule has 4 rings (SSSR count). The summed E-state index contributed by atoms with van der Waals surface area (Å²) in [5, 5.41) is 2.91. The van der Waals surface area contributed by atoms with Crippen LogP contribution in [0.15, 0.2) is 41.3 Å². The Hall–Kier alpha value is -2.65. The smallest absolute Gasteiger partial charge is 0.243 e. The average Bonchev–Trinajstić information content (AvgIpc) is 3.13. The highest BCUT2D eigenvalue weighted by Crippen LogP contribution is 2.38. The van der Waals surface area contributed by atoms with Gasteiger partial charge in [0.05, 0.1) is 23.1 Å². The van der Waals surface area contributed by atoms with Gasteiger partial charge < -0.3 is 14.8 Å². The first-order valence-electron chi connectivity index (χ1n) is 10.8. The predicted molar refractivity (Wildman–Crippen MR) is 118 cm³/mol. The van der Waals surface area contributed by atoms with Crippen LogP contribution >= 0.6 is 0 Å². The molecule has 172 valence electrons. The monoisotopic (exact) mass is 462 g/mol. The van der Waals surface area contributed by atoms with Gasteiger partial charge in [0, 0.05) is 31.1 Å². The van der Waals surface area contributed by atoms with Crippen LogP contribution < -0.4 is 14.8 Å². The van der Waals surface area contributed by atoms with Gasteiger partial charge >= 0.3 is 0 Å². The summed E-state index contributed by atoms with van der Waals surface area (Å²) >= 11 is 0. The molecule has 0 spiro atoms. The van der Waals surface area contributed by atoms with Crippen LogP contribution in [-0.2, 0) is 21.2 Å². The van der Waals surface area contributed by atoms with Crippen molar-refractivity contribution in [2.45, 2.75) is 44.1 Å². The maximum absolute atomic E-state index is 13.2. The quantitative estimate of drug-likeness (QED) is 0.709. The van der Waals surface area contributed by atoms with Crippen molar-refractivity contribution in [1.29, 1.82) is 0 Å². The summed E-state index contributed by atoms with van der Waals surface area (Å²) in [7, 11) is -3.81. The molecule has 7 nitrogen and oxygen atoms in total. The van der Waals surface area contributed by atoms with Gasteiger partial charge in [0.15, 0.2) is 0 Å². The van der Waals surface area contributed by atoms with Crippen molar-refractivity contribution in [3.63, 3.8) is 0 Å². The topological polar surface area (TPSA) is 84.9 Å². The molecule has 9 heteroatoms. The van der Waals surface area contributed by atoms with E-state index in [0.29, 0.717) is 37.4 Å². The second-order valence-electron chi connectivity index (χ2n) is 8.17. The number of fused-ring (bicyclic) bond motifs is 1. The number of benzene rings is 2. The van der Waals surface area contributed by atoms with E-state index in [2.05, 4.69) is 5.32 Å². The zero-order chi connectivity index (χ0) is 22.9. The highest BCUT2D eigenvalue weighted by atomic mass is 32.2. The number of carbonyl (C=O) groups excluding carboxylic acids is 1. The van der Waals surface area contributed by atoms with Crippen LogP contribution in [0.5, 0.6) is 11.5 Å². The van der Waals surface area contributed by atoms with Crippen LogP contribution in [0.3, 0.4) is 0 Å². The number of carbonyl (C=O) groups is 1. The van der Waals surface area contributed by atoms with E-state index in [4.69, 9.17) is 9.47 Å². The minimum absolute atomic E-state index is 0.0171.